The molecular formula is C17H34O4. The highest BCUT2D eigenvalue weighted by Crippen LogP contribution is 2.18. The maximum Gasteiger partial charge on any atom is 0.321 e. The standard InChI is InChI=1S/C17H34O4/c1-5-9-10-11-16(19-13-7-3)17(20-14-8-4)21-15-18-12-6-2/h5-15H2,1-4H3/b17-16-. The van der Waals surface area contributed by atoms with Crippen LogP contribution in [-0.2, 0) is 18.9 Å². The predicted molar refractivity (Wildman–Crippen MR) is 85.8 cm³/mol. The maximum absolute atomic E-state index is 5.83. The molecule has 0 heterocycles. The number of allylic oxidation sites excluding steroid dienone is 1. The van der Waals surface area contributed by atoms with Gasteiger partial charge in [0, 0.05) is 6.42 Å². The zero-order chi connectivity index (χ0) is 15.8. The zero-order valence-corrected chi connectivity index (χ0v) is 14.4. The Hall–Kier alpha value is -0.900. The lowest BCUT2D eigenvalue weighted by molar-refractivity contribution is -0.0833. The monoisotopic (exact) mass is 302 g/mol. The van der Waals surface area contributed by atoms with E-state index in [-0.39, 0.29) is 6.79 Å². The Labute approximate surface area is 130 Å². The van der Waals surface area contributed by atoms with Crippen LogP contribution >= 0.6 is 0 Å². The number of hydrogen-bond donors (Lipinski definition) is 0. The minimum atomic E-state index is 0.222. The average molecular weight is 302 g/mol. The van der Waals surface area contributed by atoms with Gasteiger partial charge in [-0.1, -0.05) is 40.5 Å². The number of hydrogen-bond acceptors (Lipinski definition) is 4. The number of ether oxygens (including phenoxy) is 4. The molecule has 4 nitrogen and oxygen atoms in total. The lowest BCUT2D eigenvalue weighted by Crippen LogP contribution is -2.10. The first-order chi connectivity index (χ1) is 10.3. The van der Waals surface area contributed by atoms with Crippen LogP contribution in [0.3, 0.4) is 0 Å². The van der Waals surface area contributed by atoms with Crippen molar-refractivity contribution in [2.24, 2.45) is 0 Å². The molecule has 0 N–H and O–H groups in total. The smallest absolute Gasteiger partial charge is 0.321 e. The van der Waals surface area contributed by atoms with Crippen molar-refractivity contribution in [2.75, 3.05) is 26.6 Å². The number of unbranched alkanes of at least 4 members (excludes halogenated alkanes) is 2. The highest BCUT2D eigenvalue weighted by Gasteiger charge is 2.12. The second kappa shape index (κ2) is 15.5. The molecule has 21 heavy (non-hydrogen) atoms. The quantitative estimate of drug-likeness (QED) is 0.242. The van der Waals surface area contributed by atoms with Crippen molar-refractivity contribution in [3.63, 3.8) is 0 Å². The van der Waals surface area contributed by atoms with Gasteiger partial charge in [0.25, 0.3) is 0 Å². The lowest BCUT2D eigenvalue weighted by atomic mass is 10.2. The Balaban J connectivity index is 4.60. The van der Waals surface area contributed by atoms with Crippen LogP contribution in [0.5, 0.6) is 0 Å². The molecular weight excluding hydrogens is 268 g/mol. The largest absolute Gasteiger partial charge is 0.491 e. The van der Waals surface area contributed by atoms with Crippen molar-refractivity contribution >= 4 is 0 Å². The first-order valence-electron chi connectivity index (χ1n) is 8.49. The molecule has 0 amide bonds. The van der Waals surface area contributed by atoms with Crippen molar-refractivity contribution in [2.45, 2.75) is 72.6 Å². The fraction of sp³-hybridized carbons (Fsp3) is 0.882. The summed E-state index contributed by atoms with van der Waals surface area (Å²) in [6.07, 6.45) is 7.23. The third-order valence-corrected chi connectivity index (χ3v) is 2.77. The van der Waals surface area contributed by atoms with Gasteiger partial charge in [0.2, 0.25) is 0 Å². The Morgan fingerprint density at radius 1 is 0.667 bits per heavy atom. The van der Waals surface area contributed by atoms with E-state index in [1.807, 2.05) is 0 Å². The van der Waals surface area contributed by atoms with Gasteiger partial charge >= 0.3 is 5.95 Å². The topological polar surface area (TPSA) is 36.9 Å². The van der Waals surface area contributed by atoms with E-state index in [1.165, 1.54) is 12.8 Å². The summed E-state index contributed by atoms with van der Waals surface area (Å²) in [5.74, 6) is 1.34. The highest BCUT2D eigenvalue weighted by atomic mass is 16.7. The first-order valence-corrected chi connectivity index (χ1v) is 8.49. The van der Waals surface area contributed by atoms with Gasteiger partial charge in [-0.2, -0.15) is 0 Å². The van der Waals surface area contributed by atoms with E-state index >= 15 is 0 Å². The molecule has 0 aromatic carbocycles. The van der Waals surface area contributed by atoms with Crippen LogP contribution in [0.4, 0.5) is 0 Å². The highest BCUT2D eigenvalue weighted by molar-refractivity contribution is 4.95. The van der Waals surface area contributed by atoms with Crippen LogP contribution in [0.2, 0.25) is 0 Å². The zero-order valence-electron chi connectivity index (χ0n) is 14.4. The minimum absolute atomic E-state index is 0.222. The van der Waals surface area contributed by atoms with Gasteiger partial charge in [-0.3, -0.25) is 0 Å². The Morgan fingerprint density at radius 3 is 1.95 bits per heavy atom. The van der Waals surface area contributed by atoms with Gasteiger partial charge in [-0.15, -0.1) is 0 Å². The van der Waals surface area contributed by atoms with Crippen LogP contribution in [0, 0.1) is 0 Å². The number of rotatable bonds is 15. The molecule has 0 saturated carbocycles. The van der Waals surface area contributed by atoms with Crippen molar-refractivity contribution in [1.29, 1.82) is 0 Å². The first kappa shape index (κ1) is 20.1. The molecule has 0 unspecified atom stereocenters. The van der Waals surface area contributed by atoms with Crippen molar-refractivity contribution in [1.82, 2.24) is 0 Å². The molecule has 0 fully saturated rings. The fourth-order valence-electron chi connectivity index (χ4n) is 1.69. The second-order valence-corrected chi connectivity index (χ2v) is 5.04. The molecule has 0 saturated heterocycles. The van der Waals surface area contributed by atoms with E-state index in [2.05, 4.69) is 27.7 Å². The second-order valence-electron chi connectivity index (χ2n) is 5.04. The maximum atomic E-state index is 5.83. The van der Waals surface area contributed by atoms with Gasteiger partial charge in [-0.25, -0.2) is 0 Å². The van der Waals surface area contributed by atoms with E-state index in [0.717, 1.165) is 37.9 Å². The Kier molecular flexibility index (Phi) is 14.8. The van der Waals surface area contributed by atoms with E-state index < -0.39 is 0 Å². The Morgan fingerprint density at radius 2 is 1.33 bits per heavy atom. The van der Waals surface area contributed by atoms with Crippen LogP contribution in [-0.4, -0.2) is 26.6 Å². The normalized spacial score (nSPS) is 12.0. The summed E-state index contributed by atoms with van der Waals surface area (Å²) in [5, 5.41) is 0. The average Bonchev–Trinajstić information content (AvgIpc) is 2.50. The molecule has 0 aliphatic carbocycles. The van der Waals surface area contributed by atoms with Gasteiger partial charge in [0.1, 0.15) is 0 Å². The molecule has 0 atom stereocenters. The molecule has 0 aliphatic heterocycles. The van der Waals surface area contributed by atoms with E-state index in [0.29, 0.717) is 25.8 Å². The predicted octanol–water partition coefficient (Wildman–Crippen LogP) is 4.99. The summed E-state index contributed by atoms with van der Waals surface area (Å²) in [6, 6.07) is 0. The molecule has 0 spiro atoms. The van der Waals surface area contributed by atoms with Crippen LogP contribution in [0.15, 0.2) is 11.7 Å². The summed E-state index contributed by atoms with van der Waals surface area (Å²) in [7, 11) is 0. The van der Waals surface area contributed by atoms with Gasteiger partial charge in [0.15, 0.2) is 12.6 Å². The van der Waals surface area contributed by atoms with Gasteiger partial charge in [0.05, 0.1) is 19.8 Å². The molecule has 0 bridgehead atoms. The van der Waals surface area contributed by atoms with Gasteiger partial charge in [-0.05, 0) is 25.7 Å². The molecule has 0 aromatic rings. The SMILES string of the molecule is CCCCC/C(OCCC)=C(\OCCC)OCOCCC. The van der Waals surface area contributed by atoms with E-state index in [1.54, 1.807) is 0 Å². The summed E-state index contributed by atoms with van der Waals surface area (Å²) >= 11 is 0. The van der Waals surface area contributed by atoms with E-state index in [4.69, 9.17) is 18.9 Å². The van der Waals surface area contributed by atoms with Crippen LogP contribution in [0.1, 0.15) is 72.6 Å². The summed E-state index contributed by atoms with van der Waals surface area (Å²) < 4.78 is 22.6. The van der Waals surface area contributed by atoms with Crippen molar-refractivity contribution in [3.8, 4) is 0 Å². The summed E-state index contributed by atoms with van der Waals surface area (Å²) in [5.41, 5.74) is 0. The third kappa shape index (κ3) is 11.4. The third-order valence-electron chi connectivity index (χ3n) is 2.77. The van der Waals surface area contributed by atoms with Crippen LogP contribution < -0.4 is 0 Å². The molecule has 0 aromatic heterocycles. The molecule has 0 radical (unpaired) electrons. The summed E-state index contributed by atoms with van der Waals surface area (Å²) in [4.78, 5) is 0. The molecule has 0 aliphatic rings. The van der Waals surface area contributed by atoms with Crippen molar-refractivity contribution in [3.05, 3.63) is 11.7 Å². The summed E-state index contributed by atoms with van der Waals surface area (Å²) in [6.45, 7) is 10.7. The van der Waals surface area contributed by atoms with E-state index in [9.17, 15) is 0 Å². The van der Waals surface area contributed by atoms with Crippen molar-refractivity contribution < 1.29 is 18.9 Å². The Bertz CT molecular complexity index is 251. The van der Waals surface area contributed by atoms with Crippen LogP contribution in [0.25, 0.3) is 0 Å². The lowest BCUT2D eigenvalue weighted by Gasteiger charge is -2.17. The van der Waals surface area contributed by atoms with Gasteiger partial charge < -0.3 is 18.9 Å². The molecule has 0 rings (SSSR count). The fourth-order valence-corrected chi connectivity index (χ4v) is 1.69. The minimum Gasteiger partial charge on any atom is -0.491 e. The molecule has 126 valence electrons. The molecule has 4 heteroatoms.